The van der Waals surface area contributed by atoms with Crippen LogP contribution in [0.3, 0.4) is 0 Å². The Labute approximate surface area is 101 Å². The minimum atomic E-state index is 0.615. The number of rotatable bonds is 1. The molecule has 82 valence electrons. The lowest BCUT2D eigenvalue weighted by molar-refractivity contribution is 0.790. The fraction of sp³-hybridized carbons (Fsp3) is 0.308. The third-order valence-electron chi connectivity index (χ3n) is 2.75. The van der Waals surface area contributed by atoms with E-state index in [0.29, 0.717) is 10.6 Å². The van der Waals surface area contributed by atoms with E-state index in [1.807, 2.05) is 12.1 Å². The predicted octanol–water partition coefficient (Wildman–Crippen LogP) is 3.37. The summed E-state index contributed by atoms with van der Waals surface area (Å²) in [5, 5.41) is 9.70. The monoisotopic (exact) mass is 232 g/mol. The van der Waals surface area contributed by atoms with E-state index in [-0.39, 0.29) is 0 Å². The topological polar surface area (TPSA) is 27.0 Å². The third-order valence-corrected chi connectivity index (χ3v) is 2.99. The molecule has 2 nitrogen and oxygen atoms in total. The SMILES string of the molecule is CC1=CCCN(c2ccc(Cl)cc2C#N)C1. The highest BCUT2D eigenvalue weighted by Crippen LogP contribution is 2.26. The fourth-order valence-corrected chi connectivity index (χ4v) is 2.16. The number of hydrogen-bond donors (Lipinski definition) is 0. The Balaban J connectivity index is 2.34. The van der Waals surface area contributed by atoms with Crippen molar-refractivity contribution in [2.24, 2.45) is 0 Å². The third kappa shape index (κ3) is 2.20. The van der Waals surface area contributed by atoms with Gasteiger partial charge in [0.2, 0.25) is 0 Å². The zero-order chi connectivity index (χ0) is 11.5. The van der Waals surface area contributed by atoms with Crippen molar-refractivity contribution in [3.05, 3.63) is 40.4 Å². The molecule has 1 aliphatic heterocycles. The number of nitriles is 1. The molecule has 0 saturated heterocycles. The van der Waals surface area contributed by atoms with Gasteiger partial charge in [-0.1, -0.05) is 23.3 Å². The van der Waals surface area contributed by atoms with Crippen LogP contribution >= 0.6 is 11.6 Å². The number of hydrogen-bond acceptors (Lipinski definition) is 2. The van der Waals surface area contributed by atoms with Crippen LogP contribution < -0.4 is 4.90 Å². The van der Waals surface area contributed by atoms with E-state index < -0.39 is 0 Å². The Hall–Kier alpha value is -1.46. The largest absolute Gasteiger partial charge is 0.366 e. The number of anilines is 1. The zero-order valence-corrected chi connectivity index (χ0v) is 9.96. The average Bonchev–Trinajstić information content (AvgIpc) is 2.28. The van der Waals surface area contributed by atoms with E-state index in [4.69, 9.17) is 16.9 Å². The Morgan fingerprint density at radius 1 is 1.44 bits per heavy atom. The van der Waals surface area contributed by atoms with Crippen molar-refractivity contribution in [1.29, 1.82) is 5.26 Å². The van der Waals surface area contributed by atoms with Crippen molar-refractivity contribution < 1.29 is 0 Å². The quantitative estimate of drug-likeness (QED) is 0.695. The van der Waals surface area contributed by atoms with Gasteiger partial charge in [0.05, 0.1) is 11.3 Å². The molecule has 0 atom stereocenters. The lowest BCUT2D eigenvalue weighted by Gasteiger charge is -2.29. The minimum absolute atomic E-state index is 0.615. The van der Waals surface area contributed by atoms with Gasteiger partial charge in [0.1, 0.15) is 6.07 Å². The predicted molar refractivity (Wildman–Crippen MR) is 66.8 cm³/mol. The lowest BCUT2D eigenvalue weighted by Crippen LogP contribution is -2.29. The van der Waals surface area contributed by atoms with Gasteiger partial charge in [0.15, 0.2) is 0 Å². The molecule has 0 saturated carbocycles. The molecular formula is C13H13ClN2. The molecule has 3 heteroatoms. The molecule has 0 unspecified atom stereocenters. The van der Waals surface area contributed by atoms with Crippen LogP contribution in [0, 0.1) is 11.3 Å². The zero-order valence-electron chi connectivity index (χ0n) is 9.20. The summed E-state index contributed by atoms with van der Waals surface area (Å²) in [7, 11) is 0. The first kappa shape index (κ1) is 11.0. The maximum Gasteiger partial charge on any atom is 0.101 e. The van der Waals surface area contributed by atoms with Crippen molar-refractivity contribution >= 4 is 17.3 Å². The molecule has 1 aromatic rings. The van der Waals surface area contributed by atoms with Crippen LogP contribution in [0.15, 0.2) is 29.8 Å². The van der Waals surface area contributed by atoms with E-state index in [0.717, 1.165) is 25.2 Å². The molecule has 0 amide bonds. The van der Waals surface area contributed by atoms with Crippen molar-refractivity contribution in [3.63, 3.8) is 0 Å². The molecule has 1 aromatic carbocycles. The van der Waals surface area contributed by atoms with Crippen molar-refractivity contribution in [2.45, 2.75) is 13.3 Å². The second-order valence-corrected chi connectivity index (χ2v) is 4.47. The Morgan fingerprint density at radius 3 is 2.94 bits per heavy atom. The highest BCUT2D eigenvalue weighted by atomic mass is 35.5. The Morgan fingerprint density at radius 2 is 2.25 bits per heavy atom. The standard InChI is InChI=1S/C13H13ClN2/c1-10-3-2-6-16(9-10)13-5-4-12(14)7-11(13)8-15/h3-5,7H,2,6,9H2,1H3. The Kier molecular flexibility index (Phi) is 3.17. The normalized spacial score (nSPS) is 15.6. The number of halogens is 1. The van der Waals surface area contributed by atoms with Gasteiger partial charge in [-0.05, 0) is 31.5 Å². The summed E-state index contributed by atoms with van der Waals surface area (Å²) in [5.41, 5.74) is 2.99. The second kappa shape index (κ2) is 4.59. The number of benzene rings is 1. The molecule has 0 radical (unpaired) electrons. The first-order chi connectivity index (χ1) is 7.70. The van der Waals surface area contributed by atoms with Gasteiger partial charge < -0.3 is 4.90 Å². The summed E-state index contributed by atoms with van der Waals surface area (Å²) >= 11 is 5.88. The van der Waals surface area contributed by atoms with Crippen molar-refractivity contribution in [3.8, 4) is 6.07 Å². The van der Waals surface area contributed by atoms with Gasteiger partial charge in [-0.3, -0.25) is 0 Å². The van der Waals surface area contributed by atoms with Gasteiger partial charge in [-0.25, -0.2) is 0 Å². The van der Waals surface area contributed by atoms with Crippen LogP contribution in [0.4, 0.5) is 5.69 Å². The van der Waals surface area contributed by atoms with E-state index >= 15 is 0 Å². The minimum Gasteiger partial charge on any atom is -0.366 e. The molecule has 1 aliphatic rings. The molecule has 0 N–H and O–H groups in total. The lowest BCUT2D eigenvalue weighted by atomic mass is 10.1. The van der Waals surface area contributed by atoms with E-state index in [1.165, 1.54) is 5.57 Å². The van der Waals surface area contributed by atoms with Crippen molar-refractivity contribution in [2.75, 3.05) is 18.0 Å². The molecular weight excluding hydrogens is 220 g/mol. The molecule has 0 spiro atoms. The maximum atomic E-state index is 9.09. The maximum absolute atomic E-state index is 9.09. The summed E-state index contributed by atoms with van der Waals surface area (Å²) in [5.74, 6) is 0. The smallest absolute Gasteiger partial charge is 0.101 e. The van der Waals surface area contributed by atoms with Gasteiger partial charge in [0.25, 0.3) is 0 Å². The highest BCUT2D eigenvalue weighted by Gasteiger charge is 2.14. The second-order valence-electron chi connectivity index (χ2n) is 4.03. The molecule has 1 heterocycles. The summed E-state index contributed by atoms with van der Waals surface area (Å²) in [6.45, 7) is 3.98. The van der Waals surface area contributed by atoms with Gasteiger partial charge in [0, 0.05) is 18.1 Å². The number of nitrogens with zero attached hydrogens (tertiary/aromatic N) is 2. The summed E-state index contributed by atoms with van der Waals surface area (Å²) in [6.07, 6.45) is 3.29. The van der Waals surface area contributed by atoms with Crippen LogP contribution in [-0.4, -0.2) is 13.1 Å². The average molecular weight is 233 g/mol. The van der Waals surface area contributed by atoms with Crippen LogP contribution in [0.2, 0.25) is 5.02 Å². The van der Waals surface area contributed by atoms with Crippen LogP contribution in [0.5, 0.6) is 0 Å². The van der Waals surface area contributed by atoms with Crippen LogP contribution in [0.1, 0.15) is 18.9 Å². The van der Waals surface area contributed by atoms with E-state index in [9.17, 15) is 0 Å². The fourth-order valence-electron chi connectivity index (χ4n) is 1.99. The van der Waals surface area contributed by atoms with Crippen LogP contribution in [-0.2, 0) is 0 Å². The summed E-state index contributed by atoms with van der Waals surface area (Å²) in [4.78, 5) is 2.23. The van der Waals surface area contributed by atoms with Crippen molar-refractivity contribution in [1.82, 2.24) is 0 Å². The van der Waals surface area contributed by atoms with Gasteiger partial charge in [-0.15, -0.1) is 0 Å². The van der Waals surface area contributed by atoms with Gasteiger partial charge >= 0.3 is 0 Å². The summed E-state index contributed by atoms with van der Waals surface area (Å²) < 4.78 is 0. The summed E-state index contributed by atoms with van der Waals surface area (Å²) in [6, 6.07) is 7.70. The molecule has 16 heavy (non-hydrogen) atoms. The first-order valence-corrected chi connectivity index (χ1v) is 5.69. The van der Waals surface area contributed by atoms with E-state index in [2.05, 4.69) is 24.0 Å². The van der Waals surface area contributed by atoms with E-state index in [1.54, 1.807) is 6.07 Å². The van der Waals surface area contributed by atoms with Gasteiger partial charge in [-0.2, -0.15) is 5.26 Å². The molecule has 0 aromatic heterocycles. The molecule has 2 rings (SSSR count). The molecule has 0 bridgehead atoms. The molecule has 0 fully saturated rings. The Bertz CT molecular complexity index is 471. The molecule has 0 aliphatic carbocycles. The van der Waals surface area contributed by atoms with Crippen LogP contribution in [0.25, 0.3) is 0 Å². The first-order valence-electron chi connectivity index (χ1n) is 5.31. The highest BCUT2D eigenvalue weighted by molar-refractivity contribution is 6.30.